The van der Waals surface area contributed by atoms with Crippen molar-refractivity contribution in [2.24, 2.45) is 15.3 Å². The van der Waals surface area contributed by atoms with Gasteiger partial charge in [-0.2, -0.15) is 20.3 Å². The van der Waals surface area contributed by atoms with Crippen LogP contribution in [0.4, 0.5) is 16.5 Å². The molecule has 30 heavy (non-hydrogen) atoms. The van der Waals surface area contributed by atoms with Crippen molar-refractivity contribution in [3.05, 3.63) is 69.6 Å². The van der Waals surface area contributed by atoms with Crippen molar-refractivity contribution in [2.75, 3.05) is 5.01 Å². The molecule has 1 aliphatic rings. The second kappa shape index (κ2) is 7.91. The Balaban J connectivity index is 1.54. The highest BCUT2D eigenvalue weighted by Crippen LogP contribution is 2.32. The van der Waals surface area contributed by atoms with Crippen molar-refractivity contribution in [1.29, 1.82) is 0 Å². The highest BCUT2D eigenvalue weighted by atomic mass is 32.1. The number of rotatable bonds is 5. The number of hydrogen-bond donors (Lipinski definition) is 0. The second-order valence-corrected chi connectivity index (χ2v) is 7.50. The summed E-state index contributed by atoms with van der Waals surface area (Å²) in [6.45, 7) is 3.69. The van der Waals surface area contributed by atoms with Gasteiger partial charge in [0.25, 0.3) is 11.6 Å². The predicted molar refractivity (Wildman–Crippen MR) is 114 cm³/mol. The summed E-state index contributed by atoms with van der Waals surface area (Å²) in [5.74, 6) is -0.344. The number of nitrogens with zero attached hydrogens (tertiary/aromatic N) is 6. The summed E-state index contributed by atoms with van der Waals surface area (Å²) in [6, 6.07) is 12.9. The molecule has 10 heteroatoms. The third kappa shape index (κ3) is 3.85. The molecule has 0 bridgehead atoms. The first-order chi connectivity index (χ1) is 14.4. The van der Waals surface area contributed by atoms with Gasteiger partial charge in [0.1, 0.15) is 0 Å². The van der Waals surface area contributed by atoms with Gasteiger partial charge in [-0.25, -0.2) is 4.98 Å². The zero-order valence-electron chi connectivity index (χ0n) is 16.1. The van der Waals surface area contributed by atoms with Crippen molar-refractivity contribution in [1.82, 2.24) is 4.98 Å². The minimum Gasteiger partial charge on any atom is -0.269 e. The zero-order chi connectivity index (χ0) is 21.3. The topological polar surface area (TPSA) is 113 Å². The van der Waals surface area contributed by atoms with Gasteiger partial charge < -0.3 is 0 Å². The molecular formula is C20H16N6O3S. The summed E-state index contributed by atoms with van der Waals surface area (Å²) in [7, 11) is 0. The van der Waals surface area contributed by atoms with Crippen molar-refractivity contribution in [2.45, 2.75) is 19.9 Å². The van der Waals surface area contributed by atoms with E-state index in [1.54, 1.807) is 24.4 Å². The molecule has 0 radical (unpaired) electrons. The van der Waals surface area contributed by atoms with Crippen LogP contribution in [-0.4, -0.2) is 27.6 Å². The number of nitro benzene ring substituents is 1. The Morgan fingerprint density at radius 2 is 1.93 bits per heavy atom. The SMILES string of the molecule is CC1=NN(c2nc(-c3cccc([N+](=O)[O-])c3)cs2)C(=O)[C@@H]1N=Nc1ccc(C)cc1. The van der Waals surface area contributed by atoms with Crippen molar-refractivity contribution in [3.63, 3.8) is 0 Å². The molecule has 0 aliphatic carbocycles. The average molecular weight is 420 g/mol. The van der Waals surface area contributed by atoms with Crippen LogP contribution in [0.15, 0.2) is 69.2 Å². The van der Waals surface area contributed by atoms with Crippen molar-refractivity contribution >= 4 is 39.5 Å². The number of benzene rings is 2. The third-order valence-corrected chi connectivity index (χ3v) is 5.26. The molecular weight excluding hydrogens is 404 g/mol. The quantitative estimate of drug-likeness (QED) is 0.332. The van der Waals surface area contributed by atoms with E-state index >= 15 is 0 Å². The third-order valence-electron chi connectivity index (χ3n) is 4.44. The number of carbonyl (C=O) groups excluding carboxylic acids is 1. The van der Waals surface area contributed by atoms with E-state index in [0.717, 1.165) is 5.56 Å². The number of aryl methyl sites for hydroxylation is 1. The number of hydrazone groups is 1. The van der Waals surface area contributed by atoms with E-state index in [2.05, 4.69) is 20.3 Å². The Morgan fingerprint density at radius 1 is 1.17 bits per heavy atom. The standard InChI is InChI=1S/C20H16N6O3S/c1-12-6-8-15(9-7-12)22-23-18-13(2)24-25(19(18)27)20-21-17(11-30-20)14-4-3-5-16(10-14)26(28)29/h3-11,18H,1-2H3/t18-/m1/s1. The molecule has 1 amide bonds. The minimum absolute atomic E-state index is 0.0234. The molecule has 0 fully saturated rings. The molecule has 0 saturated heterocycles. The van der Waals surface area contributed by atoms with E-state index in [-0.39, 0.29) is 11.6 Å². The summed E-state index contributed by atoms with van der Waals surface area (Å²) in [6.07, 6.45) is 0. The van der Waals surface area contributed by atoms with E-state index in [0.29, 0.717) is 27.8 Å². The first kappa shape index (κ1) is 19.5. The molecule has 2 heterocycles. The maximum Gasteiger partial charge on any atom is 0.282 e. The molecule has 4 rings (SSSR count). The number of thiazole rings is 1. The lowest BCUT2D eigenvalue weighted by molar-refractivity contribution is -0.384. The number of nitro groups is 1. The lowest BCUT2D eigenvalue weighted by Crippen LogP contribution is -2.29. The number of azo groups is 1. The van der Waals surface area contributed by atoms with Crippen LogP contribution in [0.2, 0.25) is 0 Å². The lowest BCUT2D eigenvalue weighted by Gasteiger charge is -2.08. The molecule has 0 spiro atoms. The number of aromatic nitrogens is 1. The Morgan fingerprint density at radius 3 is 2.67 bits per heavy atom. The summed E-state index contributed by atoms with van der Waals surface area (Å²) < 4.78 is 0. The van der Waals surface area contributed by atoms with Crippen LogP contribution in [0.1, 0.15) is 12.5 Å². The van der Waals surface area contributed by atoms with Crippen LogP contribution in [-0.2, 0) is 4.79 Å². The Hall–Kier alpha value is -3.79. The Labute approximate surface area is 175 Å². The Bertz CT molecular complexity index is 1190. The number of carbonyl (C=O) groups is 1. The van der Waals surface area contributed by atoms with E-state index in [1.165, 1.54) is 28.5 Å². The number of amides is 1. The maximum absolute atomic E-state index is 12.8. The van der Waals surface area contributed by atoms with Gasteiger partial charge >= 0.3 is 0 Å². The fourth-order valence-corrected chi connectivity index (χ4v) is 3.62. The van der Waals surface area contributed by atoms with E-state index in [4.69, 9.17) is 0 Å². The van der Waals surface area contributed by atoms with Crippen LogP contribution in [0.3, 0.4) is 0 Å². The van der Waals surface area contributed by atoms with Crippen LogP contribution in [0.5, 0.6) is 0 Å². The van der Waals surface area contributed by atoms with Gasteiger partial charge in [0.15, 0.2) is 6.04 Å². The highest BCUT2D eigenvalue weighted by molar-refractivity contribution is 7.14. The zero-order valence-corrected chi connectivity index (χ0v) is 16.9. The molecule has 1 aliphatic heterocycles. The van der Waals surface area contributed by atoms with Crippen LogP contribution in [0, 0.1) is 17.0 Å². The summed E-state index contributed by atoms with van der Waals surface area (Å²) >= 11 is 1.22. The normalized spacial score (nSPS) is 16.3. The number of non-ortho nitro benzene ring substituents is 1. The monoisotopic (exact) mass is 420 g/mol. The van der Waals surface area contributed by atoms with Crippen LogP contribution in [0.25, 0.3) is 11.3 Å². The first-order valence-corrected chi connectivity index (χ1v) is 9.87. The fourth-order valence-electron chi connectivity index (χ4n) is 2.83. The van der Waals surface area contributed by atoms with Gasteiger partial charge in [-0.15, -0.1) is 11.3 Å². The smallest absolute Gasteiger partial charge is 0.269 e. The number of hydrogen-bond acceptors (Lipinski definition) is 8. The van der Waals surface area contributed by atoms with Crippen LogP contribution < -0.4 is 5.01 Å². The highest BCUT2D eigenvalue weighted by Gasteiger charge is 2.36. The molecule has 9 nitrogen and oxygen atoms in total. The van der Waals surface area contributed by atoms with Gasteiger partial charge in [0, 0.05) is 23.1 Å². The molecule has 0 N–H and O–H groups in total. The average Bonchev–Trinajstić information content (AvgIpc) is 3.33. The van der Waals surface area contributed by atoms with Crippen molar-refractivity contribution in [3.8, 4) is 11.3 Å². The molecule has 1 atom stereocenters. The van der Waals surface area contributed by atoms with Crippen molar-refractivity contribution < 1.29 is 9.72 Å². The molecule has 0 unspecified atom stereocenters. The van der Waals surface area contributed by atoms with Gasteiger partial charge in [-0.1, -0.05) is 29.8 Å². The Kier molecular flexibility index (Phi) is 5.15. The second-order valence-electron chi connectivity index (χ2n) is 6.67. The lowest BCUT2D eigenvalue weighted by atomic mass is 10.1. The van der Waals surface area contributed by atoms with Crippen LogP contribution >= 0.6 is 11.3 Å². The van der Waals surface area contributed by atoms with Gasteiger partial charge in [0.05, 0.1) is 22.0 Å². The largest absolute Gasteiger partial charge is 0.282 e. The molecule has 0 saturated carbocycles. The predicted octanol–water partition coefficient (Wildman–Crippen LogP) is 4.90. The van der Waals surface area contributed by atoms with E-state index in [9.17, 15) is 14.9 Å². The molecule has 1 aromatic heterocycles. The fraction of sp³-hybridized carbons (Fsp3) is 0.150. The minimum atomic E-state index is -0.809. The van der Waals surface area contributed by atoms with Gasteiger partial charge in [-0.05, 0) is 26.0 Å². The molecule has 150 valence electrons. The summed E-state index contributed by atoms with van der Waals surface area (Å²) in [5, 5.41) is 26.9. The molecule has 2 aromatic carbocycles. The molecule has 3 aromatic rings. The summed E-state index contributed by atoms with van der Waals surface area (Å²) in [4.78, 5) is 27.8. The summed E-state index contributed by atoms with van der Waals surface area (Å²) in [5.41, 5.74) is 3.38. The van der Waals surface area contributed by atoms with Gasteiger partial charge in [-0.3, -0.25) is 14.9 Å². The maximum atomic E-state index is 12.8. The van der Waals surface area contributed by atoms with Gasteiger partial charge in [0.2, 0.25) is 5.13 Å². The first-order valence-electron chi connectivity index (χ1n) is 8.99. The number of anilines is 1. The van der Waals surface area contributed by atoms with E-state index < -0.39 is 11.0 Å². The van der Waals surface area contributed by atoms with E-state index in [1.807, 2.05) is 31.2 Å².